The Kier molecular flexibility index (Phi) is 4.72. The second-order valence-electron chi connectivity index (χ2n) is 6.29. The largest absolute Gasteiger partial charge is 0.311 e. The molecule has 1 amide bonds. The Morgan fingerprint density at radius 2 is 1.64 bits per heavy atom. The molecule has 0 aromatic heterocycles. The summed E-state index contributed by atoms with van der Waals surface area (Å²) in [7, 11) is 0. The van der Waals surface area contributed by atoms with Crippen LogP contribution in [0.5, 0.6) is 0 Å². The molecular formula is C22H22N2O. The van der Waals surface area contributed by atoms with E-state index in [1.165, 1.54) is 0 Å². The molecule has 25 heavy (non-hydrogen) atoms. The molecule has 1 aliphatic rings. The van der Waals surface area contributed by atoms with Gasteiger partial charge in [-0.15, -0.1) is 0 Å². The third-order valence-electron chi connectivity index (χ3n) is 5.07. The summed E-state index contributed by atoms with van der Waals surface area (Å²) in [6, 6.07) is 22.2. The number of carbonyl (C=O) groups excluding carboxylic acids is 1. The summed E-state index contributed by atoms with van der Waals surface area (Å²) in [6.45, 7) is 4.42. The molecule has 1 heterocycles. The number of allylic oxidation sites excluding steroid dienone is 1. The van der Waals surface area contributed by atoms with Crippen molar-refractivity contribution in [2.75, 3.05) is 6.54 Å². The fourth-order valence-corrected chi connectivity index (χ4v) is 3.66. The summed E-state index contributed by atoms with van der Waals surface area (Å²) in [4.78, 5) is 15.1. The average Bonchev–Trinajstić information content (AvgIpc) is 2.69. The molecule has 2 atom stereocenters. The van der Waals surface area contributed by atoms with Gasteiger partial charge in [0.1, 0.15) is 5.41 Å². The van der Waals surface area contributed by atoms with Gasteiger partial charge in [0.25, 0.3) is 0 Å². The van der Waals surface area contributed by atoms with Crippen LogP contribution in [0.4, 0.5) is 0 Å². The van der Waals surface area contributed by atoms with Gasteiger partial charge in [0.05, 0.1) is 6.07 Å². The smallest absolute Gasteiger partial charge is 0.248 e. The number of hydrogen-bond donors (Lipinski definition) is 0. The number of carbonyl (C=O) groups is 1. The predicted molar refractivity (Wildman–Crippen MR) is 99.3 cm³/mol. The van der Waals surface area contributed by atoms with Crippen LogP contribution in [0.2, 0.25) is 0 Å². The van der Waals surface area contributed by atoms with E-state index < -0.39 is 5.41 Å². The third kappa shape index (κ3) is 2.74. The summed E-state index contributed by atoms with van der Waals surface area (Å²) in [5.74, 6) is -0.357. The molecule has 126 valence electrons. The Labute approximate surface area is 149 Å². The van der Waals surface area contributed by atoms with Gasteiger partial charge in [0, 0.05) is 18.2 Å². The highest BCUT2D eigenvalue weighted by Crippen LogP contribution is 2.47. The lowest BCUT2D eigenvalue weighted by molar-refractivity contribution is -0.137. The normalized spacial score (nSPS) is 23.1. The van der Waals surface area contributed by atoms with Gasteiger partial charge in [0.15, 0.2) is 0 Å². The monoisotopic (exact) mass is 330 g/mol. The molecule has 0 spiro atoms. The van der Waals surface area contributed by atoms with E-state index in [2.05, 4.69) is 12.1 Å². The van der Waals surface area contributed by atoms with Gasteiger partial charge in [-0.1, -0.05) is 73.7 Å². The van der Waals surface area contributed by atoms with Crippen molar-refractivity contribution in [3.63, 3.8) is 0 Å². The maximum absolute atomic E-state index is 13.4. The minimum Gasteiger partial charge on any atom is -0.311 e. The average molecular weight is 330 g/mol. The van der Waals surface area contributed by atoms with Crippen LogP contribution in [0.1, 0.15) is 37.3 Å². The third-order valence-corrected chi connectivity index (χ3v) is 5.07. The highest BCUT2D eigenvalue weighted by Gasteiger charge is 2.50. The lowest BCUT2D eigenvalue weighted by Crippen LogP contribution is -2.48. The number of hydrogen-bond acceptors (Lipinski definition) is 2. The van der Waals surface area contributed by atoms with Gasteiger partial charge in [-0.25, -0.2) is 0 Å². The standard InChI is InChI=1S/C22H22N2O/c1-3-22(16-23)19(17-11-7-5-8-12-17)15-20(24(4-2)21(22)25)18-13-9-6-10-14-18/h5-15,19H,3-4H2,1-2H3. The zero-order valence-electron chi connectivity index (χ0n) is 14.6. The molecule has 3 nitrogen and oxygen atoms in total. The first-order valence-corrected chi connectivity index (χ1v) is 8.73. The molecule has 2 aromatic rings. The highest BCUT2D eigenvalue weighted by molar-refractivity contribution is 5.96. The van der Waals surface area contributed by atoms with Crippen LogP contribution in [0, 0.1) is 16.7 Å². The van der Waals surface area contributed by atoms with Crippen LogP contribution in [0.3, 0.4) is 0 Å². The van der Waals surface area contributed by atoms with Gasteiger partial charge in [-0.3, -0.25) is 4.79 Å². The van der Waals surface area contributed by atoms with E-state index in [9.17, 15) is 10.1 Å². The minimum absolute atomic E-state index is 0.102. The van der Waals surface area contributed by atoms with Crippen LogP contribution in [0.15, 0.2) is 66.7 Å². The first-order valence-electron chi connectivity index (χ1n) is 8.73. The van der Waals surface area contributed by atoms with Gasteiger partial charge in [-0.2, -0.15) is 5.26 Å². The zero-order chi connectivity index (χ0) is 17.9. The lowest BCUT2D eigenvalue weighted by atomic mass is 9.67. The van der Waals surface area contributed by atoms with Crippen LogP contribution in [0.25, 0.3) is 5.70 Å². The van der Waals surface area contributed by atoms with Gasteiger partial charge in [-0.05, 0) is 24.5 Å². The van der Waals surface area contributed by atoms with E-state index in [1.807, 2.05) is 74.5 Å². The summed E-state index contributed by atoms with van der Waals surface area (Å²) in [6.07, 6.45) is 2.58. The summed E-state index contributed by atoms with van der Waals surface area (Å²) >= 11 is 0. The van der Waals surface area contributed by atoms with E-state index in [0.717, 1.165) is 16.8 Å². The zero-order valence-corrected chi connectivity index (χ0v) is 14.6. The van der Waals surface area contributed by atoms with E-state index in [1.54, 1.807) is 4.90 Å². The fraction of sp³-hybridized carbons (Fsp3) is 0.273. The molecule has 0 saturated carbocycles. The molecule has 0 fully saturated rings. The summed E-state index contributed by atoms with van der Waals surface area (Å²) < 4.78 is 0. The second-order valence-corrected chi connectivity index (χ2v) is 6.29. The topological polar surface area (TPSA) is 44.1 Å². The fourth-order valence-electron chi connectivity index (χ4n) is 3.66. The van der Waals surface area contributed by atoms with Crippen molar-refractivity contribution in [2.24, 2.45) is 5.41 Å². The Morgan fingerprint density at radius 1 is 1.04 bits per heavy atom. The molecule has 1 aliphatic heterocycles. The number of nitriles is 1. The van der Waals surface area contributed by atoms with Gasteiger partial charge < -0.3 is 4.90 Å². The van der Waals surface area contributed by atoms with E-state index >= 15 is 0 Å². The molecule has 0 aliphatic carbocycles. The Hall–Kier alpha value is -2.86. The van der Waals surface area contributed by atoms with Crippen LogP contribution in [-0.2, 0) is 4.79 Å². The highest BCUT2D eigenvalue weighted by atomic mass is 16.2. The van der Waals surface area contributed by atoms with Crippen molar-refractivity contribution in [1.82, 2.24) is 4.90 Å². The molecule has 0 bridgehead atoms. The Balaban J connectivity index is 2.24. The van der Waals surface area contributed by atoms with Gasteiger partial charge in [0.2, 0.25) is 5.91 Å². The maximum Gasteiger partial charge on any atom is 0.248 e. The molecular weight excluding hydrogens is 308 g/mol. The SMILES string of the molecule is CCN1C(=O)C(C#N)(CC)C(c2ccccc2)C=C1c1ccccc1. The van der Waals surface area contributed by atoms with E-state index in [-0.39, 0.29) is 11.8 Å². The first kappa shape index (κ1) is 17.0. The van der Waals surface area contributed by atoms with Crippen molar-refractivity contribution < 1.29 is 4.79 Å². The minimum atomic E-state index is -1.06. The van der Waals surface area contributed by atoms with E-state index in [0.29, 0.717) is 13.0 Å². The predicted octanol–water partition coefficient (Wildman–Crippen LogP) is 4.59. The summed E-state index contributed by atoms with van der Waals surface area (Å²) in [5.41, 5.74) is 1.83. The molecule has 0 N–H and O–H groups in total. The van der Waals surface area contributed by atoms with Crippen molar-refractivity contribution in [3.8, 4) is 6.07 Å². The van der Waals surface area contributed by atoms with Gasteiger partial charge >= 0.3 is 0 Å². The van der Waals surface area contributed by atoms with Crippen molar-refractivity contribution in [3.05, 3.63) is 77.9 Å². The quantitative estimate of drug-likeness (QED) is 0.823. The number of rotatable bonds is 4. The first-order chi connectivity index (χ1) is 12.2. The molecule has 2 unspecified atom stereocenters. The number of amides is 1. The Bertz CT molecular complexity index is 820. The molecule has 3 heteroatoms. The number of nitrogens with zero attached hydrogens (tertiary/aromatic N) is 2. The molecule has 3 rings (SSSR count). The van der Waals surface area contributed by atoms with Crippen molar-refractivity contribution >= 4 is 11.6 Å². The van der Waals surface area contributed by atoms with Crippen LogP contribution < -0.4 is 0 Å². The van der Waals surface area contributed by atoms with Crippen molar-refractivity contribution in [1.29, 1.82) is 5.26 Å². The molecule has 0 radical (unpaired) electrons. The molecule has 2 aromatic carbocycles. The second kappa shape index (κ2) is 6.94. The molecule has 0 saturated heterocycles. The number of benzene rings is 2. The van der Waals surface area contributed by atoms with E-state index in [4.69, 9.17) is 0 Å². The maximum atomic E-state index is 13.4. The van der Waals surface area contributed by atoms with Crippen LogP contribution in [-0.4, -0.2) is 17.4 Å². The van der Waals surface area contributed by atoms with Crippen molar-refractivity contribution in [2.45, 2.75) is 26.2 Å². The Morgan fingerprint density at radius 3 is 2.16 bits per heavy atom. The lowest BCUT2D eigenvalue weighted by Gasteiger charge is -2.42. The summed E-state index contributed by atoms with van der Waals surface area (Å²) in [5, 5.41) is 9.99. The van der Waals surface area contributed by atoms with Crippen LogP contribution >= 0.6 is 0 Å².